The molecule has 0 amide bonds. The predicted molar refractivity (Wildman–Crippen MR) is 90.1 cm³/mol. The number of nitrogens with zero attached hydrogens (tertiary/aromatic N) is 1. The number of benzene rings is 2. The van der Waals surface area contributed by atoms with Gasteiger partial charge in [-0.15, -0.1) is 0 Å². The lowest BCUT2D eigenvalue weighted by molar-refractivity contribution is -0.385. The van der Waals surface area contributed by atoms with Crippen LogP contribution in [0.3, 0.4) is 0 Å². The molecule has 6 nitrogen and oxygen atoms in total. The molecule has 126 valence electrons. The van der Waals surface area contributed by atoms with Gasteiger partial charge in [0, 0.05) is 40.9 Å². The monoisotopic (exact) mass is 348 g/mol. The van der Waals surface area contributed by atoms with E-state index in [0.29, 0.717) is 29.5 Å². The minimum Gasteiger partial charge on any atom is -0.467 e. The lowest BCUT2D eigenvalue weighted by Crippen LogP contribution is -2.21. The SMILES string of the molecule is CC(NCc1cc([N+](=O)[O-])cc2c1OCOC2)c1ccccc1Cl. The molecular weight excluding hydrogens is 332 g/mol. The van der Waals surface area contributed by atoms with Gasteiger partial charge in [-0.05, 0) is 18.6 Å². The van der Waals surface area contributed by atoms with E-state index < -0.39 is 4.92 Å². The maximum Gasteiger partial charge on any atom is 0.270 e. The smallest absolute Gasteiger partial charge is 0.270 e. The van der Waals surface area contributed by atoms with E-state index in [9.17, 15) is 10.1 Å². The first-order valence-electron chi connectivity index (χ1n) is 7.55. The molecular formula is C17H17ClN2O4. The van der Waals surface area contributed by atoms with Crippen molar-refractivity contribution in [2.24, 2.45) is 0 Å². The zero-order valence-corrected chi connectivity index (χ0v) is 13.9. The summed E-state index contributed by atoms with van der Waals surface area (Å²) in [6.45, 7) is 2.88. The van der Waals surface area contributed by atoms with Crippen LogP contribution in [-0.2, 0) is 17.9 Å². The van der Waals surface area contributed by atoms with Crippen LogP contribution in [0.1, 0.15) is 29.7 Å². The summed E-state index contributed by atoms with van der Waals surface area (Å²) in [5.74, 6) is 0.658. The second-order valence-electron chi connectivity index (χ2n) is 5.59. The Kier molecular flexibility index (Phi) is 4.99. The number of hydrogen-bond donors (Lipinski definition) is 1. The molecule has 2 aromatic rings. The van der Waals surface area contributed by atoms with E-state index in [2.05, 4.69) is 5.32 Å². The summed E-state index contributed by atoms with van der Waals surface area (Å²) in [5, 5.41) is 15.2. The number of nitrogens with one attached hydrogen (secondary N) is 1. The molecule has 0 bridgehead atoms. The highest BCUT2D eigenvalue weighted by atomic mass is 35.5. The van der Waals surface area contributed by atoms with Gasteiger partial charge in [0.25, 0.3) is 5.69 Å². The van der Waals surface area contributed by atoms with E-state index in [1.807, 2.05) is 31.2 Å². The summed E-state index contributed by atoms with van der Waals surface area (Å²) in [6.07, 6.45) is 0. The highest BCUT2D eigenvalue weighted by molar-refractivity contribution is 6.31. The Hall–Kier alpha value is -2.15. The largest absolute Gasteiger partial charge is 0.467 e. The second kappa shape index (κ2) is 7.17. The van der Waals surface area contributed by atoms with Crippen molar-refractivity contribution in [3.05, 3.63) is 68.2 Å². The third-order valence-electron chi connectivity index (χ3n) is 3.95. The van der Waals surface area contributed by atoms with E-state index in [1.54, 1.807) is 0 Å². The van der Waals surface area contributed by atoms with Crippen LogP contribution in [-0.4, -0.2) is 11.7 Å². The Morgan fingerprint density at radius 2 is 2.17 bits per heavy atom. The highest BCUT2D eigenvalue weighted by Gasteiger charge is 2.21. The van der Waals surface area contributed by atoms with E-state index in [1.165, 1.54) is 12.1 Å². The number of nitro groups is 1. The maximum atomic E-state index is 11.1. The van der Waals surface area contributed by atoms with Crippen LogP contribution in [0.25, 0.3) is 0 Å². The number of fused-ring (bicyclic) bond motifs is 1. The molecule has 1 N–H and O–H groups in total. The molecule has 1 aliphatic rings. The van der Waals surface area contributed by atoms with Gasteiger partial charge in [-0.25, -0.2) is 0 Å². The number of rotatable bonds is 5. The molecule has 1 heterocycles. The molecule has 2 aromatic carbocycles. The van der Waals surface area contributed by atoms with Gasteiger partial charge in [0.1, 0.15) is 5.75 Å². The quantitative estimate of drug-likeness (QED) is 0.653. The van der Waals surface area contributed by atoms with Crippen molar-refractivity contribution in [2.45, 2.75) is 26.1 Å². The predicted octanol–water partition coefficient (Wildman–Crippen LogP) is 3.97. The Morgan fingerprint density at radius 1 is 1.38 bits per heavy atom. The van der Waals surface area contributed by atoms with Crippen LogP contribution in [0.5, 0.6) is 5.75 Å². The van der Waals surface area contributed by atoms with Gasteiger partial charge in [0.2, 0.25) is 0 Å². The minimum absolute atomic E-state index is 0.00606. The van der Waals surface area contributed by atoms with Crippen molar-refractivity contribution < 1.29 is 14.4 Å². The van der Waals surface area contributed by atoms with Crippen molar-refractivity contribution in [2.75, 3.05) is 6.79 Å². The minimum atomic E-state index is -0.407. The number of non-ortho nitro benzene ring substituents is 1. The van der Waals surface area contributed by atoms with Crippen molar-refractivity contribution in [1.82, 2.24) is 5.32 Å². The fourth-order valence-electron chi connectivity index (χ4n) is 2.72. The Morgan fingerprint density at radius 3 is 2.92 bits per heavy atom. The van der Waals surface area contributed by atoms with Crippen LogP contribution in [0.4, 0.5) is 5.69 Å². The fraction of sp³-hybridized carbons (Fsp3) is 0.294. The highest BCUT2D eigenvalue weighted by Crippen LogP contribution is 2.33. The molecule has 3 rings (SSSR count). The van der Waals surface area contributed by atoms with Crippen LogP contribution >= 0.6 is 11.6 Å². The summed E-state index contributed by atoms with van der Waals surface area (Å²) in [4.78, 5) is 10.7. The lowest BCUT2D eigenvalue weighted by Gasteiger charge is -2.22. The molecule has 1 atom stereocenters. The van der Waals surface area contributed by atoms with E-state index in [0.717, 1.165) is 11.1 Å². The first-order valence-corrected chi connectivity index (χ1v) is 7.92. The molecule has 0 fully saturated rings. The Bertz CT molecular complexity index is 766. The molecule has 0 saturated carbocycles. The summed E-state index contributed by atoms with van der Waals surface area (Å²) < 4.78 is 10.8. The molecule has 0 spiro atoms. The second-order valence-corrected chi connectivity index (χ2v) is 5.99. The van der Waals surface area contributed by atoms with Gasteiger partial charge in [0.05, 0.1) is 11.5 Å². The maximum absolute atomic E-state index is 11.1. The molecule has 7 heteroatoms. The number of nitro benzene ring substituents is 1. The summed E-state index contributed by atoms with van der Waals surface area (Å²) in [7, 11) is 0. The normalized spacial score (nSPS) is 14.6. The molecule has 1 unspecified atom stereocenters. The fourth-order valence-corrected chi connectivity index (χ4v) is 3.02. The summed E-state index contributed by atoms with van der Waals surface area (Å²) in [5.41, 5.74) is 2.44. The van der Waals surface area contributed by atoms with Gasteiger partial charge in [-0.1, -0.05) is 29.8 Å². The Labute approximate surface area is 144 Å². The summed E-state index contributed by atoms with van der Waals surface area (Å²) in [6, 6.07) is 10.6. The molecule has 1 aliphatic heterocycles. The van der Waals surface area contributed by atoms with E-state index >= 15 is 0 Å². The molecule has 24 heavy (non-hydrogen) atoms. The molecule has 0 radical (unpaired) electrons. The van der Waals surface area contributed by atoms with Gasteiger partial charge in [-0.2, -0.15) is 0 Å². The number of hydrogen-bond acceptors (Lipinski definition) is 5. The standard InChI is InChI=1S/C17H17ClN2O4/c1-11(15-4-2-3-5-16(15)18)19-8-12-6-14(20(21)22)7-13-9-23-10-24-17(12)13/h2-7,11,19H,8-10H2,1H3. The zero-order chi connectivity index (χ0) is 17.1. The zero-order valence-electron chi connectivity index (χ0n) is 13.1. The topological polar surface area (TPSA) is 73.6 Å². The lowest BCUT2D eigenvalue weighted by atomic mass is 10.0. The van der Waals surface area contributed by atoms with Crippen LogP contribution in [0.2, 0.25) is 5.02 Å². The molecule has 0 saturated heterocycles. The van der Waals surface area contributed by atoms with Crippen molar-refractivity contribution in [3.8, 4) is 5.75 Å². The van der Waals surface area contributed by atoms with E-state index in [-0.39, 0.29) is 18.5 Å². The first-order chi connectivity index (χ1) is 11.6. The third kappa shape index (κ3) is 3.51. The van der Waals surface area contributed by atoms with Crippen LogP contribution in [0, 0.1) is 10.1 Å². The summed E-state index contributed by atoms with van der Waals surface area (Å²) >= 11 is 6.21. The van der Waals surface area contributed by atoms with Gasteiger partial charge < -0.3 is 14.8 Å². The Balaban J connectivity index is 1.83. The van der Waals surface area contributed by atoms with Gasteiger partial charge in [-0.3, -0.25) is 10.1 Å². The first kappa shape index (κ1) is 16.7. The van der Waals surface area contributed by atoms with Crippen molar-refractivity contribution in [1.29, 1.82) is 0 Å². The van der Waals surface area contributed by atoms with Gasteiger partial charge >= 0.3 is 0 Å². The average molecular weight is 349 g/mol. The van der Waals surface area contributed by atoms with Crippen LogP contribution < -0.4 is 10.1 Å². The van der Waals surface area contributed by atoms with Crippen LogP contribution in [0.15, 0.2) is 36.4 Å². The number of ether oxygens (including phenoxy) is 2. The third-order valence-corrected chi connectivity index (χ3v) is 4.30. The molecule has 0 aliphatic carbocycles. The van der Waals surface area contributed by atoms with E-state index in [4.69, 9.17) is 21.1 Å². The van der Waals surface area contributed by atoms with Crippen molar-refractivity contribution in [3.63, 3.8) is 0 Å². The average Bonchev–Trinajstić information content (AvgIpc) is 2.59. The van der Waals surface area contributed by atoms with Gasteiger partial charge in [0.15, 0.2) is 6.79 Å². The number of halogens is 1. The molecule has 0 aromatic heterocycles. The van der Waals surface area contributed by atoms with Crippen molar-refractivity contribution >= 4 is 17.3 Å².